The van der Waals surface area contributed by atoms with Crippen molar-refractivity contribution in [1.82, 2.24) is 9.88 Å². The van der Waals surface area contributed by atoms with E-state index in [1.807, 2.05) is 18.2 Å². The summed E-state index contributed by atoms with van der Waals surface area (Å²) in [6, 6.07) is 4.93. The summed E-state index contributed by atoms with van der Waals surface area (Å²) in [6.45, 7) is 0.554. The van der Waals surface area contributed by atoms with Gasteiger partial charge in [-0.1, -0.05) is 6.07 Å². The molecular formula is C13H16N2O3. The van der Waals surface area contributed by atoms with Gasteiger partial charge in [-0.15, -0.1) is 0 Å². The highest BCUT2D eigenvalue weighted by Gasteiger charge is 2.33. The predicted octanol–water partition coefficient (Wildman–Crippen LogP) is 1.09. The molecule has 1 aliphatic heterocycles. The Morgan fingerprint density at radius 2 is 2.28 bits per heavy atom. The van der Waals surface area contributed by atoms with Gasteiger partial charge < -0.3 is 10.0 Å². The summed E-state index contributed by atoms with van der Waals surface area (Å²) in [4.78, 5) is 28.6. The molecule has 0 bridgehead atoms. The number of carbonyl (C=O) groups is 2. The lowest BCUT2D eigenvalue weighted by Crippen LogP contribution is -2.40. The Bertz CT molecular complexity index is 433. The van der Waals surface area contributed by atoms with Crippen LogP contribution < -0.4 is 0 Å². The fourth-order valence-electron chi connectivity index (χ4n) is 2.25. The van der Waals surface area contributed by atoms with Crippen molar-refractivity contribution >= 4 is 11.9 Å². The number of aliphatic carboxylic acids is 1. The average Bonchev–Trinajstić information content (AvgIpc) is 2.86. The van der Waals surface area contributed by atoms with E-state index in [0.29, 0.717) is 25.8 Å². The molecule has 5 heteroatoms. The third-order valence-corrected chi connectivity index (χ3v) is 3.18. The molecule has 1 fully saturated rings. The first-order valence-electron chi connectivity index (χ1n) is 6.10. The number of hydrogen-bond donors (Lipinski definition) is 1. The van der Waals surface area contributed by atoms with E-state index in [-0.39, 0.29) is 5.91 Å². The molecule has 5 nitrogen and oxygen atoms in total. The highest BCUT2D eigenvalue weighted by Crippen LogP contribution is 2.18. The fraction of sp³-hybridized carbons (Fsp3) is 0.462. The van der Waals surface area contributed by atoms with Gasteiger partial charge in [-0.05, 0) is 31.4 Å². The number of carboxylic acids is 1. The number of carboxylic acid groups (broad SMARTS) is 1. The average molecular weight is 248 g/mol. The Morgan fingerprint density at radius 3 is 2.94 bits per heavy atom. The zero-order valence-corrected chi connectivity index (χ0v) is 10.1. The normalized spacial score (nSPS) is 18.9. The van der Waals surface area contributed by atoms with Gasteiger partial charge >= 0.3 is 5.97 Å². The summed E-state index contributed by atoms with van der Waals surface area (Å²) in [6.07, 6.45) is 3.90. The van der Waals surface area contributed by atoms with Crippen LogP contribution in [-0.4, -0.2) is 39.5 Å². The number of nitrogens with zero attached hydrogens (tertiary/aromatic N) is 2. The van der Waals surface area contributed by atoms with Crippen molar-refractivity contribution in [1.29, 1.82) is 0 Å². The summed E-state index contributed by atoms with van der Waals surface area (Å²) >= 11 is 0. The molecule has 1 atom stereocenters. The molecule has 0 aromatic carbocycles. The van der Waals surface area contributed by atoms with Crippen LogP contribution in [0.5, 0.6) is 0 Å². The highest BCUT2D eigenvalue weighted by molar-refractivity contribution is 5.84. The van der Waals surface area contributed by atoms with Gasteiger partial charge in [0.15, 0.2) is 0 Å². The predicted molar refractivity (Wildman–Crippen MR) is 64.9 cm³/mol. The topological polar surface area (TPSA) is 70.5 Å². The van der Waals surface area contributed by atoms with Gasteiger partial charge in [0.2, 0.25) is 5.91 Å². The molecule has 1 aromatic rings. The summed E-state index contributed by atoms with van der Waals surface area (Å²) in [5, 5.41) is 9.01. The second kappa shape index (κ2) is 5.62. The number of hydrogen-bond acceptors (Lipinski definition) is 3. The summed E-state index contributed by atoms with van der Waals surface area (Å²) < 4.78 is 0. The van der Waals surface area contributed by atoms with Crippen molar-refractivity contribution < 1.29 is 14.7 Å². The van der Waals surface area contributed by atoms with E-state index in [0.717, 1.165) is 12.1 Å². The van der Waals surface area contributed by atoms with Gasteiger partial charge in [0.05, 0.1) is 0 Å². The SMILES string of the molecule is O=C(O)[C@@H]1CCCN1C(=O)CCc1ccccn1. The number of rotatable bonds is 4. The molecule has 2 heterocycles. The lowest BCUT2D eigenvalue weighted by atomic mass is 10.2. The minimum atomic E-state index is -0.904. The molecule has 0 unspecified atom stereocenters. The van der Waals surface area contributed by atoms with Gasteiger partial charge in [0.1, 0.15) is 6.04 Å². The first-order chi connectivity index (χ1) is 8.68. The van der Waals surface area contributed by atoms with Crippen LogP contribution in [0.1, 0.15) is 25.0 Å². The molecule has 1 aliphatic rings. The van der Waals surface area contributed by atoms with Crippen molar-refractivity contribution in [3.8, 4) is 0 Å². The van der Waals surface area contributed by atoms with Crippen LogP contribution in [0.2, 0.25) is 0 Å². The van der Waals surface area contributed by atoms with E-state index in [1.165, 1.54) is 4.90 Å². The van der Waals surface area contributed by atoms with Gasteiger partial charge in [0, 0.05) is 24.9 Å². The standard InChI is InChI=1S/C13H16N2O3/c16-12(7-6-10-4-1-2-8-14-10)15-9-3-5-11(15)13(17)18/h1-2,4,8,11H,3,5-7,9H2,(H,17,18)/t11-/m0/s1. The third-order valence-electron chi connectivity index (χ3n) is 3.18. The largest absolute Gasteiger partial charge is 0.480 e. The number of carbonyl (C=O) groups excluding carboxylic acids is 1. The summed E-state index contributed by atoms with van der Waals surface area (Å²) in [5.41, 5.74) is 0.858. The highest BCUT2D eigenvalue weighted by atomic mass is 16.4. The number of likely N-dealkylation sites (tertiary alicyclic amines) is 1. The maximum Gasteiger partial charge on any atom is 0.326 e. The van der Waals surface area contributed by atoms with Crippen molar-refractivity contribution in [3.63, 3.8) is 0 Å². The first-order valence-corrected chi connectivity index (χ1v) is 6.10. The molecular weight excluding hydrogens is 232 g/mol. The zero-order valence-electron chi connectivity index (χ0n) is 10.1. The Labute approximate surface area is 105 Å². The monoisotopic (exact) mass is 248 g/mol. The summed E-state index contributed by atoms with van der Waals surface area (Å²) in [7, 11) is 0. The number of aryl methyl sites for hydroxylation is 1. The second-order valence-electron chi connectivity index (χ2n) is 4.40. The van der Waals surface area contributed by atoms with Crippen molar-refractivity contribution in [3.05, 3.63) is 30.1 Å². The van der Waals surface area contributed by atoms with Crippen LogP contribution in [0.25, 0.3) is 0 Å². The Balaban J connectivity index is 1.90. The minimum Gasteiger partial charge on any atom is -0.480 e. The molecule has 18 heavy (non-hydrogen) atoms. The molecule has 0 saturated carbocycles. The molecule has 1 saturated heterocycles. The lowest BCUT2D eigenvalue weighted by Gasteiger charge is -2.21. The fourth-order valence-corrected chi connectivity index (χ4v) is 2.25. The Morgan fingerprint density at radius 1 is 1.44 bits per heavy atom. The van der Waals surface area contributed by atoms with Crippen molar-refractivity contribution in [2.45, 2.75) is 31.7 Å². The van der Waals surface area contributed by atoms with Crippen LogP contribution in [0.4, 0.5) is 0 Å². The molecule has 0 radical (unpaired) electrons. The van der Waals surface area contributed by atoms with Crippen LogP contribution in [0, 0.1) is 0 Å². The van der Waals surface area contributed by atoms with Crippen LogP contribution >= 0.6 is 0 Å². The third kappa shape index (κ3) is 2.85. The second-order valence-corrected chi connectivity index (χ2v) is 4.40. The van der Waals surface area contributed by atoms with Crippen molar-refractivity contribution in [2.75, 3.05) is 6.54 Å². The van der Waals surface area contributed by atoms with E-state index in [4.69, 9.17) is 5.11 Å². The quantitative estimate of drug-likeness (QED) is 0.865. The lowest BCUT2D eigenvalue weighted by molar-refractivity contribution is -0.148. The van der Waals surface area contributed by atoms with E-state index in [9.17, 15) is 9.59 Å². The molecule has 1 aromatic heterocycles. The number of aromatic nitrogens is 1. The smallest absolute Gasteiger partial charge is 0.326 e. The number of pyridine rings is 1. The molecule has 0 aliphatic carbocycles. The van der Waals surface area contributed by atoms with Crippen LogP contribution in [0.3, 0.4) is 0 Å². The maximum absolute atomic E-state index is 12.0. The van der Waals surface area contributed by atoms with E-state index in [2.05, 4.69) is 4.98 Å². The molecule has 2 rings (SSSR count). The van der Waals surface area contributed by atoms with E-state index < -0.39 is 12.0 Å². The summed E-state index contributed by atoms with van der Waals surface area (Å²) in [5.74, 6) is -0.996. The Kier molecular flexibility index (Phi) is 3.92. The minimum absolute atomic E-state index is 0.0921. The van der Waals surface area contributed by atoms with Crippen LogP contribution in [-0.2, 0) is 16.0 Å². The van der Waals surface area contributed by atoms with Gasteiger partial charge in [-0.3, -0.25) is 9.78 Å². The van der Waals surface area contributed by atoms with Gasteiger partial charge in [-0.2, -0.15) is 0 Å². The van der Waals surface area contributed by atoms with Gasteiger partial charge in [-0.25, -0.2) is 4.79 Å². The van der Waals surface area contributed by atoms with E-state index in [1.54, 1.807) is 6.20 Å². The number of amides is 1. The van der Waals surface area contributed by atoms with E-state index >= 15 is 0 Å². The first kappa shape index (κ1) is 12.5. The molecule has 1 N–H and O–H groups in total. The molecule has 96 valence electrons. The maximum atomic E-state index is 12.0. The molecule has 0 spiro atoms. The van der Waals surface area contributed by atoms with Crippen molar-refractivity contribution in [2.24, 2.45) is 0 Å². The van der Waals surface area contributed by atoms with Gasteiger partial charge in [0.25, 0.3) is 0 Å². The molecule has 1 amide bonds. The Hall–Kier alpha value is -1.91. The van der Waals surface area contributed by atoms with Crippen LogP contribution in [0.15, 0.2) is 24.4 Å². The zero-order chi connectivity index (χ0) is 13.0.